The maximum atomic E-state index is 13.5. The molecule has 1 aromatic carbocycles. The van der Waals surface area contributed by atoms with Crippen LogP contribution in [0.3, 0.4) is 0 Å². The second-order valence-corrected chi connectivity index (χ2v) is 3.42. The maximum absolute atomic E-state index is 13.5. The van der Waals surface area contributed by atoms with Gasteiger partial charge in [0, 0.05) is 23.1 Å². The fraction of sp³-hybridized carbons (Fsp3) is 0.273. The lowest BCUT2D eigenvalue weighted by atomic mass is 10.0. The molecule has 2 rings (SSSR count). The van der Waals surface area contributed by atoms with E-state index in [1.807, 2.05) is 13.0 Å². The van der Waals surface area contributed by atoms with Crippen molar-refractivity contribution in [2.45, 2.75) is 19.4 Å². The molecule has 0 spiro atoms. The third-order valence-corrected chi connectivity index (χ3v) is 2.52. The second-order valence-electron chi connectivity index (χ2n) is 3.42. The Labute approximate surface area is 81.9 Å². The summed E-state index contributed by atoms with van der Waals surface area (Å²) in [6, 6.07) is 4.91. The Kier molecular flexibility index (Phi) is 2.25. The van der Waals surface area contributed by atoms with Crippen molar-refractivity contribution >= 4 is 10.9 Å². The highest BCUT2D eigenvalue weighted by Crippen LogP contribution is 2.26. The Balaban J connectivity index is 2.67. The molecule has 0 saturated heterocycles. The van der Waals surface area contributed by atoms with Crippen LogP contribution in [0.4, 0.5) is 4.39 Å². The maximum Gasteiger partial charge on any atom is 0.132 e. The molecule has 0 fully saturated rings. The van der Waals surface area contributed by atoms with Crippen LogP contribution in [0, 0.1) is 5.82 Å². The number of rotatable bonds is 2. The highest BCUT2D eigenvalue weighted by atomic mass is 19.1. The lowest BCUT2D eigenvalue weighted by Gasteiger charge is -2.06. The summed E-state index contributed by atoms with van der Waals surface area (Å²) in [5, 5.41) is 0.627. The first-order valence-electron chi connectivity index (χ1n) is 4.75. The van der Waals surface area contributed by atoms with Crippen LogP contribution in [0.15, 0.2) is 24.4 Å². The molecule has 14 heavy (non-hydrogen) atoms. The molecule has 1 heterocycles. The van der Waals surface area contributed by atoms with Gasteiger partial charge in [-0.05, 0) is 24.1 Å². The van der Waals surface area contributed by atoms with Crippen LogP contribution in [0.2, 0.25) is 0 Å². The predicted molar refractivity (Wildman–Crippen MR) is 55.5 cm³/mol. The molecule has 2 nitrogen and oxygen atoms in total. The van der Waals surface area contributed by atoms with E-state index < -0.39 is 0 Å². The van der Waals surface area contributed by atoms with Crippen molar-refractivity contribution in [1.29, 1.82) is 0 Å². The quantitative estimate of drug-likeness (QED) is 0.754. The third kappa shape index (κ3) is 1.30. The van der Waals surface area contributed by atoms with E-state index in [1.165, 1.54) is 6.07 Å². The standard InChI is InChI=1S/C11H13FN2/c1-2-9(13)7-6-14-10-5-3-4-8(12)11(7)10/h3-6,9,14H,2,13H2,1H3/t9-/m0/s1. The van der Waals surface area contributed by atoms with Gasteiger partial charge in [0.15, 0.2) is 0 Å². The van der Waals surface area contributed by atoms with Crippen molar-refractivity contribution in [1.82, 2.24) is 4.98 Å². The van der Waals surface area contributed by atoms with E-state index in [9.17, 15) is 4.39 Å². The molecule has 3 N–H and O–H groups in total. The number of hydrogen-bond acceptors (Lipinski definition) is 1. The van der Waals surface area contributed by atoms with Gasteiger partial charge in [0.05, 0.1) is 0 Å². The smallest absolute Gasteiger partial charge is 0.132 e. The molecule has 0 radical (unpaired) electrons. The predicted octanol–water partition coefficient (Wildman–Crippen LogP) is 2.72. The van der Waals surface area contributed by atoms with Crippen molar-refractivity contribution in [2.75, 3.05) is 0 Å². The van der Waals surface area contributed by atoms with Crippen molar-refractivity contribution in [2.24, 2.45) is 5.73 Å². The Hall–Kier alpha value is -1.35. The number of H-pyrrole nitrogens is 1. The molecule has 74 valence electrons. The Morgan fingerprint density at radius 3 is 3.00 bits per heavy atom. The number of nitrogens with one attached hydrogen (secondary N) is 1. The molecule has 3 heteroatoms. The summed E-state index contributed by atoms with van der Waals surface area (Å²) < 4.78 is 13.5. The van der Waals surface area contributed by atoms with Crippen molar-refractivity contribution in [3.05, 3.63) is 35.8 Å². The normalized spacial score (nSPS) is 13.4. The minimum absolute atomic E-state index is 0.0966. The molecular weight excluding hydrogens is 179 g/mol. The fourth-order valence-corrected chi connectivity index (χ4v) is 1.68. The minimum atomic E-state index is -0.206. The van der Waals surface area contributed by atoms with Crippen molar-refractivity contribution < 1.29 is 4.39 Å². The van der Waals surface area contributed by atoms with Gasteiger partial charge in [0.2, 0.25) is 0 Å². The van der Waals surface area contributed by atoms with Gasteiger partial charge in [-0.3, -0.25) is 0 Å². The van der Waals surface area contributed by atoms with E-state index in [2.05, 4.69) is 4.98 Å². The molecule has 1 atom stereocenters. The number of aromatic nitrogens is 1. The number of hydrogen-bond donors (Lipinski definition) is 2. The largest absolute Gasteiger partial charge is 0.361 e. The summed E-state index contributed by atoms with van der Waals surface area (Å²) in [6.45, 7) is 1.99. The number of benzene rings is 1. The molecule has 0 saturated carbocycles. The van der Waals surface area contributed by atoms with Gasteiger partial charge >= 0.3 is 0 Å². The monoisotopic (exact) mass is 192 g/mol. The first-order chi connectivity index (χ1) is 6.74. The molecule has 0 aliphatic carbocycles. The van der Waals surface area contributed by atoms with Crippen LogP contribution in [0.1, 0.15) is 24.9 Å². The lowest BCUT2D eigenvalue weighted by Crippen LogP contribution is -2.08. The van der Waals surface area contributed by atoms with Crippen LogP contribution < -0.4 is 5.73 Å². The second kappa shape index (κ2) is 3.42. The molecule has 0 aliphatic rings. The van der Waals surface area contributed by atoms with E-state index in [1.54, 1.807) is 12.3 Å². The summed E-state index contributed by atoms with van der Waals surface area (Å²) in [5.41, 5.74) is 7.56. The third-order valence-electron chi connectivity index (χ3n) is 2.52. The van der Waals surface area contributed by atoms with E-state index in [0.29, 0.717) is 5.39 Å². The minimum Gasteiger partial charge on any atom is -0.361 e. The number of fused-ring (bicyclic) bond motifs is 1. The average molecular weight is 192 g/mol. The number of halogens is 1. The van der Waals surface area contributed by atoms with Gasteiger partial charge in [0.25, 0.3) is 0 Å². The topological polar surface area (TPSA) is 41.8 Å². The number of aromatic amines is 1. The molecule has 0 unspecified atom stereocenters. The zero-order chi connectivity index (χ0) is 10.1. The lowest BCUT2D eigenvalue weighted by molar-refractivity contribution is 0.634. The van der Waals surface area contributed by atoms with Crippen LogP contribution in [0.25, 0.3) is 10.9 Å². The van der Waals surface area contributed by atoms with E-state index in [-0.39, 0.29) is 11.9 Å². The molecule has 0 bridgehead atoms. The van der Waals surface area contributed by atoms with Gasteiger partial charge in [-0.15, -0.1) is 0 Å². The van der Waals surface area contributed by atoms with Gasteiger partial charge in [-0.1, -0.05) is 13.0 Å². The Bertz CT molecular complexity index is 447. The van der Waals surface area contributed by atoms with Crippen LogP contribution >= 0.6 is 0 Å². The van der Waals surface area contributed by atoms with Crippen LogP contribution in [0.5, 0.6) is 0 Å². The summed E-state index contributed by atoms with van der Waals surface area (Å²) in [4.78, 5) is 3.02. The van der Waals surface area contributed by atoms with E-state index in [0.717, 1.165) is 17.5 Å². The zero-order valence-corrected chi connectivity index (χ0v) is 8.05. The summed E-state index contributed by atoms with van der Waals surface area (Å²) in [5.74, 6) is -0.206. The molecule has 0 amide bonds. The summed E-state index contributed by atoms with van der Waals surface area (Å²) >= 11 is 0. The summed E-state index contributed by atoms with van der Waals surface area (Å²) in [7, 11) is 0. The van der Waals surface area contributed by atoms with Crippen LogP contribution in [-0.2, 0) is 0 Å². The Morgan fingerprint density at radius 1 is 1.50 bits per heavy atom. The molecule has 2 aromatic rings. The number of nitrogens with two attached hydrogens (primary N) is 1. The van der Waals surface area contributed by atoms with Crippen molar-refractivity contribution in [3.63, 3.8) is 0 Å². The molecule has 1 aromatic heterocycles. The Morgan fingerprint density at radius 2 is 2.29 bits per heavy atom. The van der Waals surface area contributed by atoms with Gasteiger partial charge in [-0.2, -0.15) is 0 Å². The van der Waals surface area contributed by atoms with Crippen molar-refractivity contribution in [3.8, 4) is 0 Å². The first-order valence-corrected chi connectivity index (χ1v) is 4.75. The van der Waals surface area contributed by atoms with Gasteiger partial charge in [0.1, 0.15) is 5.82 Å². The highest BCUT2D eigenvalue weighted by molar-refractivity contribution is 5.84. The summed E-state index contributed by atoms with van der Waals surface area (Å²) in [6.07, 6.45) is 2.60. The van der Waals surface area contributed by atoms with Gasteiger partial charge in [-0.25, -0.2) is 4.39 Å². The van der Waals surface area contributed by atoms with E-state index >= 15 is 0 Å². The molecular formula is C11H13FN2. The fourth-order valence-electron chi connectivity index (χ4n) is 1.68. The SMILES string of the molecule is CC[C@H](N)c1c[nH]c2cccc(F)c12. The van der Waals surface area contributed by atoms with E-state index in [4.69, 9.17) is 5.73 Å². The molecule has 0 aliphatic heterocycles. The first kappa shape index (κ1) is 9.21. The zero-order valence-electron chi connectivity index (χ0n) is 8.05. The van der Waals surface area contributed by atoms with Crippen LogP contribution in [-0.4, -0.2) is 4.98 Å². The highest BCUT2D eigenvalue weighted by Gasteiger charge is 2.12. The van der Waals surface area contributed by atoms with Gasteiger partial charge < -0.3 is 10.7 Å². The average Bonchev–Trinajstić information content (AvgIpc) is 2.62.